The van der Waals surface area contributed by atoms with Crippen LogP contribution in [0.25, 0.3) is 0 Å². The SMILES string of the molecule is CC1CCC2(OC1)O[C@H]1CC3C4CC[C@@H]5C[C@H](OC(=O)CCC(=O)O)CC[C@]5(C)C4CC[C@]3(C)C1C2C. The van der Waals surface area contributed by atoms with Crippen LogP contribution < -0.4 is 0 Å². The van der Waals surface area contributed by atoms with Crippen LogP contribution in [0.2, 0.25) is 0 Å². The molecule has 0 bridgehead atoms. The maximum Gasteiger partial charge on any atom is 0.306 e. The Morgan fingerprint density at radius 1 is 0.919 bits per heavy atom. The molecule has 208 valence electrons. The Hall–Kier alpha value is -1.14. The standard InChI is InChI=1S/C31H48O6/c1-18-9-14-31(35-17-18)19(2)28-25(37-31)16-24-22-6-5-20-15-21(36-27(34)8-7-26(32)33)10-12-29(20,3)23(22)11-13-30(24,28)4/h18-25,28H,5-17H2,1-4H3,(H,32,33)/t18?,19?,20-,21-,22?,23?,24?,25+,28?,29+,30+,31?/m1/s1. The first-order valence-corrected chi connectivity index (χ1v) is 15.3. The van der Waals surface area contributed by atoms with Crippen LogP contribution in [0.15, 0.2) is 0 Å². The van der Waals surface area contributed by atoms with Gasteiger partial charge < -0.3 is 19.3 Å². The van der Waals surface area contributed by atoms with Crippen LogP contribution in [0.1, 0.15) is 105 Å². The number of fused-ring (bicyclic) bond motifs is 7. The minimum Gasteiger partial charge on any atom is -0.481 e. The molecule has 2 aliphatic heterocycles. The van der Waals surface area contributed by atoms with E-state index in [2.05, 4.69) is 27.7 Å². The zero-order chi connectivity index (χ0) is 26.2. The highest BCUT2D eigenvalue weighted by Gasteiger charge is 2.69. The minimum absolute atomic E-state index is 0.0209. The molecule has 0 radical (unpaired) electrons. The number of esters is 1. The topological polar surface area (TPSA) is 82.1 Å². The van der Waals surface area contributed by atoms with E-state index in [0.717, 1.165) is 50.0 Å². The van der Waals surface area contributed by atoms with Gasteiger partial charge in [-0.15, -0.1) is 0 Å². The predicted molar refractivity (Wildman–Crippen MR) is 138 cm³/mol. The van der Waals surface area contributed by atoms with E-state index in [9.17, 15) is 9.59 Å². The minimum atomic E-state index is -0.942. The molecule has 1 N–H and O–H groups in total. The molecule has 6 aliphatic rings. The molecule has 1 spiro atoms. The highest BCUT2D eigenvalue weighted by atomic mass is 16.7. The monoisotopic (exact) mass is 516 g/mol. The molecule has 0 aromatic rings. The van der Waals surface area contributed by atoms with Gasteiger partial charge in [-0.1, -0.05) is 27.7 Å². The second kappa shape index (κ2) is 9.21. The van der Waals surface area contributed by atoms with E-state index < -0.39 is 5.97 Å². The lowest BCUT2D eigenvalue weighted by Crippen LogP contribution is -2.55. The molecule has 12 atom stereocenters. The normalized spacial score (nSPS) is 52.6. The van der Waals surface area contributed by atoms with E-state index in [1.807, 2.05) is 0 Å². The van der Waals surface area contributed by atoms with Crippen LogP contribution >= 0.6 is 0 Å². The van der Waals surface area contributed by atoms with Gasteiger partial charge in [0.15, 0.2) is 5.79 Å². The summed E-state index contributed by atoms with van der Waals surface area (Å²) in [5, 5.41) is 8.87. The van der Waals surface area contributed by atoms with E-state index in [0.29, 0.717) is 40.6 Å². The summed E-state index contributed by atoms with van der Waals surface area (Å²) in [7, 11) is 0. The second-order valence-electron chi connectivity index (χ2n) is 14.5. The quantitative estimate of drug-likeness (QED) is 0.448. The average molecular weight is 517 g/mol. The largest absolute Gasteiger partial charge is 0.481 e. The van der Waals surface area contributed by atoms with Crippen molar-refractivity contribution in [2.45, 2.75) is 123 Å². The number of hydrogen-bond acceptors (Lipinski definition) is 5. The van der Waals surface area contributed by atoms with Crippen molar-refractivity contribution in [3.63, 3.8) is 0 Å². The molecule has 4 aliphatic carbocycles. The van der Waals surface area contributed by atoms with Crippen molar-refractivity contribution in [1.82, 2.24) is 0 Å². The Balaban J connectivity index is 1.13. The van der Waals surface area contributed by atoms with Crippen LogP contribution in [0.3, 0.4) is 0 Å². The first kappa shape index (κ1) is 26.1. The molecular formula is C31H48O6. The van der Waals surface area contributed by atoms with Crippen molar-refractivity contribution in [3.05, 3.63) is 0 Å². The fourth-order valence-electron chi connectivity index (χ4n) is 10.8. The summed E-state index contributed by atoms with van der Waals surface area (Å²) < 4.78 is 19.2. The lowest BCUT2D eigenvalue weighted by atomic mass is 9.44. The summed E-state index contributed by atoms with van der Waals surface area (Å²) in [6.07, 6.45) is 11.7. The van der Waals surface area contributed by atoms with Gasteiger partial charge in [0.05, 0.1) is 25.6 Å². The Labute approximate surface area is 222 Å². The molecule has 6 heteroatoms. The Morgan fingerprint density at radius 2 is 1.70 bits per heavy atom. The summed E-state index contributed by atoms with van der Waals surface area (Å²) in [5.74, 6) is 2.96. The number of carboxylic acid groups (broad SMARTS) is 1. The molecule has 0 aromatic carbocycles. The van der Waals surface area contributed by atoms with Crippen molar-refractivity contribution in [1.29, 1.82) is 0 Å². The molecule has 37 heavy (non-hydrogen) atoms. The maximum absolute atomic E-state index is 12.2. The summed E-state index contributed by atoms with van der Waals surface area (Å²) in [4.78, 5) is 23.0. The molecule has 6 rings (SSSR count). The van der Waals surface area contributed by atoms with Gasteiger partial charge in [-0.25, -0.2) is 0 Å². The van der Waals surface area contributed by atoms with E-state index >= 15 is 0 Å². The third-order valence-corrected chi connectivity index (χ3v) is 12.7. The van der Waals surface area contributed by atoms with Crippen LogP contribution in [0, 0.1) is 52.3 Å². The second-order valence-corrected chi connectivity index (χ2v) is 14.5. The van der Waals surface area contributed by atoms with Crippen molar-refractivity contribution in [2.75, 3.05) is 6.61 Å². The predicted octanol–water partition coefficient (Wildman–Crippen LogP) is 6.21. The van der Waals surface area contributed by atoms with Gasteiger partial charge >= 0.3 is 11.9 Å². The fraction of sp³-hybridized carbons (Fsp3) is 0.935. The van der Waals surface area contributed by atoms with Crippen molar-refractivity contribution in [2.24, 2.45) is 52.3 Å². The molecule has 6 nitrogen and oxygen atoms in total. The molecule has 0 amide bonds. The summed E-state index contributed by atoms with van der Waals surface area (Å²) >= 11 is 0. The third kappa shape index (κ3) is 4.10. The van der Waals surface area contributed by atoms with E-state index in [-0.39, 0.29) is 30.7 Å². The summed E-state index contributed by atoms with van der Waals surface area (Å²) in [5.41, 5.74) is 0.670. The number of carbonyl (C=O) groups is 2. The number of aliphatic carboxylic acids is 1. The van der Waals surface area contributed by atoms with Crippen molar-refractivity contribution < 1.29 is 28.9 Å². The Kier molecular flexibility index (Phi) is 6.50. The summed E-state index contributed by atoms with van der Waals surface area (Å²) in [6, 6.07) is 0. The number of rotatable bonds is 4. The molecule has 0 aromatic heterocycles. The van der Waals surface area contributed by atoms with Gasteiger partial charge in [-0.05, 0) is 104 Å². The van der Waals surface area contributed by atoms with Crippen LogP contribution in [0.5, 0.6) is 0 Å². The highest BCUT2D eigenvalue weighted by molar-refractivity contribution is 5.76. The van der Waals surface area contributed by atoms with E-state index in [1.54, 1.807) is 0 Å². The van der Waals surface area contributed by atoms with Gasteiger partial charge in [0, 0.05) is 12.3 Å². The fourth-order valence-corrected chi connectivity index (χ4v) is 10.8. The highest BCUT2D eigenvalue weighted by Crippen LogP contribution is 2.71. The van der Waals surface area contributed by atoms with Crippen LogP contribution in [0.4, 0.5) is 0 Å². The number of ether oxygens (including phenoxy) is 3. The molecule has 2 heterocycles. The third-order valence-electron chi connectivity index (χ3n) is 12.7. The average Bonchev–Trinajstić information content (AvgIpc) is 3.30. The molecule has 6 fully saturated rings. The molecule has 4 saturated carbocycles. The molecular weight excluding hydrogens is 468 g/mol. The molecule has 2 saturated heterocycles. The van der Waals surface area contributed by atoms with Crippen molar-refractivity contribution >= 4 is 11.9 Å². The van der Waals surface area contributed by atoms with Crippen molar-refractivity contribution in [3.8, 4) is 0 Å². The van der Waals surface area contributed by atoms with E-state index in [4.69, 9.17) is 19.3 Å². The maximum atomic E-state index is 12.2. The lowest BCUT2D eigenvalue weighted by molar-refractivity contribution is -0.273. The van der Waals surface area contributed by atoms with Crippen LogP contribution in [-0.2, 0) is 23.8 Å². The van der Waals surface area contributed by atoms with Gasteiger partial charge in [0.1, 0.15) is 6.10 Å². The van der Waals surface area contributed by atoms with Gasteiger partial charge in [-0.2, -0.15) is 0 Å². The van der Waals surface area contributed by atoms with Crippen LogP contribution in [-0.4, -0.2) is 41.6 Å². The van der Waals surface area contributed by atoms with Gasteiger partial charge in [0.25, 0.3) is 0 Å². The summed E-state index contributed by atoms with van der Waals surface area (Å²) in [6.45, 7) is 10.7. The van der Waals surface area contributed by atoms with Gasteiger partial charge in [0.2, 0.25) is 0 Å². The molecule has 7 unspecified atom stereocenters. The number of carboxylic acids is 1. The Morgan fingerprint density at radius 3 is 2.43 bits per heavy atom. The number of hydrogen-bond donors (Lipinski definition) is 1. The smallest absolute Gasteiger partial charge is 0.306 e. The number of carbonyl (C=O) groups excluding carboxylic acids is 1. The Bertz CT molecular complexity index is 909. The van der Waals surface area contributed by atoms with Gasteiger partial charge in [-0.3, -0.25) is 9.59 Å². The first-order valence-electron chi connectivity index (χ1n) is 15.3. The zero-order valence-corrected chi connectivity index (χ0v) is 23.4. The first-order chi connectivity index (χ1) is 17.6. The zero-order valence-electron chi connectivity index (χ0n) is 23.4. The lowest BCUT2D eigenvalue weighted by Gasteiger charge is -2.61. The van der Waals surface area contributed by atoms with E-state index in [1.165, 1.54) is 38.5 Å².